The van der Waals surface area contributed by atoms with Crippen molar-refractivity contribution in [1.29, 1.82) is 0 Å². The average Bonchev–Trinajstić information content (AvgIpc) is 3.35. The molecule has 0 aromatic carbocycles. The number of nitrogens with zero attached hydrogens (tertiary/aromatic N) is 3. The second-order valence-electron chi connectivity index (χ2n) is 7.78. The zero-order chi connectivity index (χ0) is 19.5. The summed E-state index contributed by atoms with van der Waals surface area (Å²) >= 11 is 0. The Morgan fingerprint density at radius 1 is 0.964 bits per heavy atom. The van der Waals surface area contributed by atoms with E-state index in [4.69, 9.17) is 4.42 Å². The molecule has 1 aliphatic carbocycles. The molecule has 1 fully saturated rings. The molecule has 7 nitrogen and oxygen atoms in total. The molecule has 0 unspecified atom stereocenters. The van der Waals surface area contributed by atoms with E-state index in [2.05, 4.69) is 4.90 Å². The van der Waals surface area contributed by atoms with Crippen LogP contribution in [0.3, 0.4) is 0 Å². The number of aromatic nitrogens is 1. The summed E-state index contributed by atoms with van der Waals surface area (Å²) in [5.41, 5.74) is 1.89. The van der Waals surface area contributed by atoms with Gasteiger partial charge >= 0.3 is 0 Å². The maximum absolute atomic E-state index is 12.3. The molecule has 2 aliphatic rings. The minimum atomic E-state index is -0.0350. The molecule has 0 bridgehead atoms. The normalized spacial score (nSPS) is 17.6. The second-order valence-corrected chi connectivity index (χ2v) is 7.78. The van der Waals surface area contributed by atoms with Crippen LogP contribution in [0.25, 0.3) is 0 Å². The highest BCUT2D eigenvalue weighted by Crippen LogP contribution is 2.38. The first-order chi connectivity index (χ1) is 13.6. The molecule has 0 atom stereocenters. The highest BCUT2D eigenvalue weighted by molar-refractivity contribution is 5.91. The van der Waals surface area contributed by atoms with Gasteiger partial charge in [0.25, 0.3) is 5.91 Å². The number of amides is 1. The Morgan fingerprint density at radius 2 is 1.61 bits per heavy atom. The topological polar surface area (TPSA) is 82.1 Å². The van der Waals surface area contributed by atoms with Crippen molar-refractivity contribution in [2.24, 2.45) is 0 Å². The summed E-state index contributed by atoms with van der Waals surface area (Å²) in [7, 11) is 0. The fourth-order valence-electron chi connectivity index (χ4n) is 4.37. The zero-order valence-corrected chi connectivity index (χ0v) is 16.3. The maximum atomic E-state index is 12.3. The molecule has 0 radical (unpaired) electrons. The minimum Gasteiger partial charge on any atom is -0.494 e. The molecule has 152 valence electrons. The summed E-state index contributed by atoms with van der Waals surface area (Å²) in [5.74, 6) is 0.893. The van der Waals surface area contributed by atoms with Gasteiger partial charge in [0.15, 0.2) is 17.5 Å². The van der Waals surface area contributed by atoms with E-state index < -0.39 is 0 Å². The van der Waals surface area contributed by atoms with Crippen molar-refractivity contribution in [2.45, 2.75) is 45.1 Å². The van der Waals surface area contributed by atoms with E-state index in [1.807, 2.05) is 4.90 Å². The van der Waals surface area contributed by atoms with Crippen LogP contribution in [0.15, 0.2) is 22.8 Å². The molecule has 1 aliphatic heterocycles. The van der Waals surface area contributed by atoms with Crippen LogP contribution in [0.2, 0.25) is 0 Å². The molecule has 28 heavy (non-hydrogen) atoms. The van der Waals surface area contributed by atoms with Gasteiger partial charge < -0.3 is 19.5 Å². The first-order valence-corrected chi connectivity index (χ1v) is 10.3. The van der Waals surface area contributed by atoms with Gasteiger partial charge in [-0.2, -0.15) is 0 Å². The number of aromatic hydroxyl groups is 2. The van der Waals surface area contributed by atoms with Crippen molar-refractivity contribution in [1.82, 2.24) is 14.4 Å². The Labute approximate surface area is 165 Å². The van der Waals surface area contributed by atoms with Gasteiger partial charge in [0, 0.05) is 43.9 Å². The highest BCUT2D eigenvalue weighted by atomic mass is 16.3. The number of unbranched alkanes of at least 4 members (excludes halogenated alkanes) is 1. The Hall–Kier alpha value is -2.41. The molecule has 7 heteroatoms. The number of hydrogen-bond acceptors (Lipinski definition) is 5. The monoisotopic (exact) mass is 387 g/mol. The molecule has 1 amide bonds. The minimum absolute atomic E-state index is 0.0350. The summed E-state index contributed by atoms with van der Waals surface area (Å²) in [5, 5.41) is 20.8. The largest absolute Gasteiger partial charge is 0.494 e. The van der Waals surface area contributed by atoms with Crippen molar-refractivity contribution in [2.75, 3.05) is 32.7 Å². The van der Waals surface area contributed by atoms with Gasteiger partial charge in [-0.1, -0.05) is 0 Å². The standard InChI is InChI=1S/C21H29N3O4/c25-19-16-6-1-2-7-17(16)20(26)24(19)10-4-3-9-22-11-13-23(14-12-22)21(27)18-8-5-15-28-18/h5,8,15,25-26H,1-4,6-7,9-14H2. The van der Waals surface area contributed by atoms with Gasteiger partial charge in [-0.05, 0) is 57.2 Å². The summed E-state index contributed by atoms with van der Waals surface area (Å²) < 4.78 is 6.87. The molecule has 3 heterocycles. The fraction of sp³-hybridized carbons (Fsp3) is 0.571. The Kier molecular flexibility index (Phi) is 5.62. The van der Waals surface area contributed by atoms with Crippen LogP contribution < -0.4 is 0 Å². The molecule has 4 rings (SSSR count). The van der Waals surface area contributed by atoms with Crippen LogP contribution in [0.4, 0.5) is 0 Å². The van der Waals surface area contributed by atoms with E-state index in [1.165, 1.54) is 6.26 Å². The quantitative estimate of drug-likeness (QED) is 0.745. The van der Waals surface area contributed by atoms with Crippen molar-refractivity contribution in [3.63, 3.8) is 0 Å². The summed E-state index contributed by atoms with van der Waals surface area (Å²) in [6, 6.07) is 3.44. The number of fused-ring (bicyclic) bond motifs is 1. The predicted molar refractivity (Wildman–Crippen MR) is 105 cm³/mol. The van der Waals surface area contributed by atoms with E-state index >= 15 is 0 Å². The predicted octanol–water partition coefficient (Wildman–Crippen LogP) is 2.61. The van der Waals surface area contributed by atoms with Crippen LogP contribution in [0.1, 0.15) is 47.4 Å². The van der Waals surface area contributed by atoms with E-state index in [0.717, 1.165) is 69.3 Å². The van der Waals surface area contributed by atoms with Crippen LogP contribution in [-0.4, -0.2) is 63.2 Å². The van der Waals surface area contributed by atoms with Crippen LogP contribution in [0, 0.1) is 0 Å². The summed E-state index contributed by atoms with van der Waals surface area (Å²) in [6.45, 7) is 4.76. The van der Waals surface area contributed by atoms with Gasteiger partial charge in [-0.25, -0.2) is 0 Å². The van der Waals surface area contributed by atoms with E-state index in [-0.39, 0.29) is 17.7 Å². The number of carbonyl (C=O) groups is 1. The van der Waals surface area contributed by atoms with Gasteiger partial charge in [-0.3, -0.25) is 14.3 Å². The first-order valence-electron chi connectivity index (χ1n) is 10.3. The van der Waals surface area contributed by atoms with Gasteiger partial charge in [-0.15, -0.1) is 0 Å². The van der Waals surface area contributed by atoms with Gasteiger partial charge in [0.05, 0.1) is 6.26 Å². The van der Waals surface area contributed by atoms with Crippen LogP contribution >= 0.6 is 0 Å². The molecule has 1 saturated heterocycles. The number of piperazine rings is 1. The van der Waals surface area contributed by atoms with E-state index in [1.54, 1.807) is 16.7 Å². The molecular weight excluding hydrogens is 358 g/mol. The molecule has 2 aromatic rings. The van der Waals surface area contributed by atoms with Crippen molar-refractivity contribution >= 4 is 5.91 Å². The molecule has 0 saturated carbocycles. The number of rotatable bonds is 6. The van der Waals surface area contributed by atoms with Crippen LogP contribution in [-0.2, 0) is 19.4 Å². The van der Waals surface area contributed by atoms with Crippen molar-refractivity contribution in [3.05, 3.63) is 35.3 Å². The molecular formula is C21H29N3O4. The third kappa shape index (κ3) is 3.76. The summed E-state index contributed by atoms with van der Waals surface area (Å²) in [4.78, 5) is 16.5. The molecule has 2 N–H and O–H groups in total. The zero-order valence-electron chi connectivity index (χ0n) is 16.3. The highest BCUT2D eigenvalue weighted by Gasteiger charge is 2.25. The Bertz CT molecular complexity index is 775. The average molecular weight is 387 g/mol. The fourth-order valence-corrected chi connectivity index (χ4v) is 4.37. The lowest BCUT2D eigenvalue weighted by Gasteiger charge is -2.34. The van der Waals surface area contributed by atoms with Gasteiger partial charge in [0.1, 0.15) is 0 Å². The van der Waals surface area contributed by atoms with Crippen molar-refractivity contribution < 1.29 is 19.4 Å². The maximum Gasteiger partial charge on any atom is 0.289 e. The van der Waals surface area contributed by atoms with Crippen LogP contribution in [0.5, 0.6) is 11.8 Å². The SMILES string of the molecule is O=C(c1ccco1)N1CCN(CCCCn2c(O)c3c(c2O)CCCC3)CC1. The number of furan rings is 1. The first kappa shape index (κ1) is 18.9. The van der Waals surface area contributed by atoms with E-state index in [9.17, 15) is 15.0 Å². The lowest BCUT2D eigenvalue weighted by atomic mass is 9.95. The second kappa shape index (κ2) is 8.31. The molecule has 0 spiro atoms. The molecule has 2 aromatic heterocycles. The van der Waals surface area contributed by atoms with E-state index in [0.29, 0.717) is 25.4 Å². The van der Waals surface area contributed by atoms with Crippen molar-refractivity contribution in [3.8, 4) is 11.8 Å². The Balaban J connectivity index is 1.21. The third-order valence-corrected chi connectivity index (χ3v) is 6.02. The number of carbonyl (C=O) groups excluding carboxylic acids is 1. The lowest BCUT2D eigenvalue weighted by molar-refractivity contribution is 0.0604. The number of hydrogen-bond donors (Lipinski definition) is 2. The summed E-state index contributed by atoms with van der Waals surface area (Å²) in [6.07, 6.45) is 7.32. The Morgan fingerprint density at radius 3 is 2.21 bits per heavy atom. The van der Waals surface area contributed by atoms with Gasteiger partial charge in [0.2, 0.25) is 0 Å². The smallest absolute Gasteiger partial charge is 0.289 e. The lowest BCUT2D eigenvalue weighted by Crippen LogP contribution is -2.48. The third-order valence-electron chi connectivity index (χ3n) is 6.02.